The van der Waals surface area contributed by atoms with E-state index >= 15 is 0 Å². The predicted octanol–water partition coefficient (Wildman–Crippen LogP) is 2.38. The van der Waals surface area contributed by atoms with Crippen LogP contribution in [0, 0.1) is 0 Å². The zero-order chi connectivity index (χ0) is 13.2. The molecule has 2 N–H and O–H groups in total. The number of aromatic nitrogens is 2. The van der Waals surface area contributed by atoms with E-state index in [1.165, 1.54) is 11.3 Å². The lowest BCUT2D eigenvalue weighted by Gasteiger charge is -2.00. The van der Waals surface area contributed by atoms with Crippen molar-refractivity contribution in [2.75, 3.05) is 0 Å². The summed E-state index contributed by atoms with van der Waals surface area (Å²) < 4.78 is 0. The molecule has 19 heavy (non-hydrogen) atoms. The molecule has 0 radical (unpaired) electrons. The largest absolute Gasteiger partial charge is 0.325 e. The summed E-state index contributed by atoms with van der Waals surface area (Å²) in [6.45, 7) is 0.361. The van der Waals surface area contributed by atoms with Gasteiger partial charge in [0.05, 0.1) is 5.52 Å². The number of nitrogens with two attached hydrogens (primary N) is 1. The maximum absolute atomic E-state index is 12.3. The molecule has 0 bridgehead atoms. The Morgan fingerprint density at radius 3 is 3.00 bits per heavy atom. The number of nitrogens with zero attached hydrogens (tertiary/aromatic N) is 2. The van der Waals surface area contributed by atoms with Crippen LogP contribution < -0.4 is 5.73 Å². The molecule has 0 fully saturated rings. The average Bonchev–Trinajstić information content (AvgIpc) is 2.95. The Labute approximate surface area is 113 Å². The van der Waals surface area contributed by atoms with Crippen molar-refractivity contribution in [2.24, 2.45) is 5.73 Å². The molecule has 3 rings (SSSR count). The second-order valence-corrected chi connectivity index (χ2v) is 5.01. The van der Waals surface area contributed by atoms with Crippen LogP contribution in [0.4, 0.5) is 0 Å². The summed E-state index contributed by atoms with van der Waals surface area (Å²) in [7, 11) is 0. The molecule has 2 aromatic heterocycles. The van der Waals surface area contributed by atoms with E-state index in [0.717, 1.165) is 15.9 Å². The molecular formula is C14H11N3OS. The number of fused-ring (bicyclic) bond motifs is 1. The Morgan fingerprint density at radius 1 is 1.32 bits per heavy atom. The third-order valence-electron chi connectivity index (χ3n) is 2.82. The SMILES string of the molecule is NCc1nc(C(=O)c2ccc3ncccc3c2)cs1. The number of pyridine rings is 1. The highest BCUT2D eigenvalue weighted by molar-refractivity contribution is 7.09. The van der Waals surface area contributed by atoms with Crippen LogP contribution in [-0.2, 0) is 6.54 Å². The Kier molecular flexibility index (Phi) is 3.06. The Bertz CT molecular complexity index is 751. The van der Waals surface area contributed by atoms with E-state index in [0.29, 0.717) is 17.8 Å². The molecule has 0 unspecified atom stereocenters. The summed E-state index contributed by atoms with van der Waals surface area (Å²) in [4.78, 5) is 20.7. The van der Waals surface area contributed by atoms with Gasteiger partial charge in [-0.1, -0.05) is 6.07 Å². The van der Waals surface area contributed by atoms with Gasteiger partial charge in [-0.05, 0) is 24.3 Å². The van der Waals surface area contributed by atoms with Crippen molar-refractivity contribution in [2.45, 2.75) is 6.54 Å². The van der Waals surface area contributed by atoms with Gasteiger partial charge in [0, 0.05) is 29.1 Å². The molecule has 1 aromatic carbocycles. The highest BCUT2D eigenvalue weighted by atomic mass is 32.1. The van der Waals surface area contributed by atoms with Gasteiger partial charge in [0.2, 0.25) is 5.78 Å². The van der Waals surface area contributed by atoms with Gasteiger partial charge in [0.25, 0.3) is 0 Å². The lowest BCUT2D eigenvalue weighted by Crippen LogP contribution is -2.03. The summed E-state index contributed by atoms with van der Waals surface area (Å²) in [5.74, 6) is -0.0818. The van der Waals surface area contributed by atoms with Crippen molar-refractivity contribution in [1.82, 2.24) is 9.97 Å². The van der Waals surface area contributed by atoms with E-state index in [2.05, 4.69) is 9.97 Å². The minimum atomic E-state index is -0.0818. The van der Waals surface area contributed by atoms with Gasteiger partial charge in [-0.3, -0.25) is 9.78 Å². The summed E-state index contributed by atoms with van der Waals surface area (Å²) >= 11 is 1.41. The molecule has 0 saturated heterocycles. The van der Waals surface area contributed by atoms with Crippen molar-refractivity contribution >= 4 is 28.0 Å². The van der Waals surface area contributed by atoms with Gasteiger partial charge in [-0.2, -0.15) is 0 Å². The Hall–Kier alpha value is -2.11. The number of benzene rings is 1. The van der Waals surface area contributed by atoms with E-state index in [9.17, 15) is 4.79 Å². The molecule has 0 aliphatic rings. The number of rotatable bonds is 3. The van der Waals surface area contributed by atoms with Crippen molar-refractivity contribution in [3.05, 3.63) is 58.2 Å². The monoisotopic (exact) mass is 269 g/mol. The number of ketones is 1. The Balaban J connectivity index is 2.01. The third-order valence-corrected chi connectivity index (χ3v) is 3.70. The van der Waals surface area contributed by atoms with E-state index in [1.807, 2.05) is 24.3 Å². The van der Waals surface area contributed by atoms with E-state index in [-0.39, 0.29) is 5.78 Å². The summed E-state index contributed by atoms with van der Waals surface area (Å²) in [5.41, 5.74) is 7.45. The normalized spacial score (nSPS) is 10.8. The lowest BCUT2D eigenvalue weighted by atomic mass is 10.1. The number of hydrogen-bond donors (Lipinski definition) is 1. The van der Waals surface area contributed by atoms with Crippen molar-refractivity contribution in [3.63, 3.8) is 0 Å². The molecule has 5 heteroatoms. The van der Waals surface area contributed by atoms with Gasteiger partial charge in [0.15, 0.2) is 0 Å². The highest BCUT2D eigenvalue weighted by Gasteiger charge is 2.13. The minimum Gasteiger partial charge on any atom is -0.325 e. The smallest absolute Gasteiger partial charge is 0.212 e. The molecule has 2 heterocycles. The molecule has 0 atom stereocenters. The van der Waals surface area contributed by atoms with E-state index in [4.69, 9.17) is 5.73 Å². The first-order valence-electron chi connectivity index (χ1n) is 5.82. The van der Waals surface area contributed by atoms with Crippen molar-refractivity contribution < 1.29 is 4.79 Å². The van der Waals surface area contributed by atoms with E-state index < -0.39 is 0 Å². The van der Waals surface area contributed by atoms with E-state index in [1.54, 1.807) is 17.6 Å². The van der Waals surface area contributed by atoms with Crippen LogP contribution in [0.2, 0.25) is 0 Å². The van der Waals surface area contributed by atoms with Crippen LogP contribution >= 0.6 is 11.3 Å². The number of carbonyl (C=O) groups is 1. The second-order valence-electron chi connectivity index (χ2n) is 4.07. The first kappa shape index (κ1) is 12.0. The van der Waals surface area contributed by atoms with Crippen molar-refractivity contribution in [1.29, 1.82) is 0 Å². The standard InChI is InChI=1S/C14H11N3OS/c15-7-13-17-12(8-19-13)14(18)10-3-4-11-9(6-10)2-1-5-16-11/h1-6,8H,7,15H2. The number of thiazole rings is 1. The first-order chi connectivity index (χ1) is 9.28. The third kappa shape index (κ3) is 2.25. The Morgan fingerprint density at radius 2 is 2.21 bits per heavy atom. The quantitative estimate of drug-likeness (QED) is 0.741. The zero-order valence-corrected chi connectivity index (χ0v) is 10.9. The average molecular weight is 269 g/mol. The fraction of sp³-hybridized carbons (Fsp3) is 0.0714. The second kappa shape index (κ2) is 4.87. The van der Waals surface area contributed by atoms with Crippen LogP contribution in [-0.4, -0.2) is 15.8 Å². The molecule has 0 aliphatic heterocycles. The fourth-order valence-corrected chi connectivity index (χ4v) is 2.53. The maximum Gasteiger partial charge on any atom is 0.212 e. The minimum absolute atomic E-state index is 0.0818. The van der Waals surface area contributed by atoms with Gasteiger partial charge in [-0.15, -0.1) is 11.3 Å². The highest BCUT2D eigenvalue weighted by Crippen LogP contribution is 2.18. The van der Waals surface area contributed by atoms with Crippen LogP contribution in [0.25, 0.3) is 10.9 Å². The van der Waals surface area contributed by atoms with Crippen molar-refractivity contribution in [3.8, 4) is 0 Å². The zero-order valence-electron chi connectivity index (χ0n) is 10.0. The molecule has 4 nitrogen and oxygen atoms in total. The predicted molar refractivity (Wildman–Crippen MR) is 75.2 cm³/mol. The van der Waals surface area contributed by atoms with Gasteiger partial charge >= 0.3 is 0 Å². The van der Waals surface area contributed by atoms with Gasteiger partial charge in [-0.25, -0.2) is 4.98 Å². The molecule has 0 spiro atoms. The van der Waals surface area contributed by atoms with Crippen LogP contribution in [0.15, 0.2) is 41.9 Å². The maximum atomic E-state index is 12.3. The topological polar surface area (TPSA) is 68.9 Å². The first-order valence-corrected chi connectivity index (χ1v) is 6.70. The molecule has 0 saturated carbocycles. The molecule has 0 amide bonds. The molecule has 0 aliphatic carbocycles. The summed E-state index contributed by atoms with van der Waals surface area (Å²) in [5, 5.41) is 3.46. The molecular weight excluding hydrogens is 258 g/mol. The summed E-state index contributed by atoms with van der Waals surface area (Å²) in [6.07, 6.45) is 1.73. The van der Waals surface area contributed by atoms with Gasteiger partial charge < -0.3 is 5.73 Å². The van der Waals surface area contributed by atoms with Gasteiger partial charge in [0.1, 0.15) is 10.7 Å². The fourth-order valence-electron chi connectivity index (χ4n) is 1.87. The molecule has 94 valence electrons. The van der Waals surface area contributed by atoms with Crippen LogP contribution in [0.5, 0.6) is 0 Å². The number of hydrogen-bond acceptors (Lipinski definition) is 5. The summed E-state index contributed by atoms with van der Waals surface area (Å²) in [6, 6.07) is 9.25. The molecule has 3 aromatic rings. The van der Waals surface area contributed by atoms with Crippen LogP contribution in [0.3, 0.4) is 0 Å². The lowest BCUT2D eigenvalue weighted by molar-refractivity contribution is 0.103. The van der Waals surface area contributed by atoms with Crippen LogP contribution in [0.1, 0.15) is 21.1 Å². The number of carbonyl (C=O) groups excluding carboxylic acids is 1.